The number of carbonyl (C=O) groups is 1. The first-order chi connectivity index (χ1) is 9.65. The lowest BCUT2D eigenvalue weighted by Crippen LogP contribution is -1.97. The van der Waals surface area contributed by atoms with Gasteiger partial charge < -0.3 is 5.11 Å². The van der Waals surface area contributed by atoms with Crippen LogP contribution in [0, 0.1) is 6.92 Å². The third-order valence-corrected chi connectivity index (χ3v) is 3.94. The molecule has 0 saturated carbocycles. The fraction of sp³-hybridized carbons (Fsp3) is 0.0769. The van der Waals surface area contributed by atoms with Crippen LogP contribution in [0.5, 0.6) is 0 Å². The highest BCUT2D eigenvalue weighted by atomic mass is 32.1. The zero-order valence-electron chi connectivity index (χ0n) is 10.5. The van der Waals surface area contributed by atoms with E-state index in [0.717, 1.165) is 21.8 Å². The Labute approximate surface area is 118 Å². The summed E-state index contributed by atoms with van der Waals surface area (Å²) in [6.07, 6.45) is 4.89. The zero-order chi connectivity index (χ0) is 14.1. The molecule has 0 aliphatic carbocycles. The number of nitrogens with zero attached hydrogens (tertiary/aromatic N) is 4. The fourth-order valence-corrected chi connectivity index (χ4v) is 2.72. The van der Waals surface area contributed by atoms with Crippen molar-refractivity contribution in [2.75, 3.05) is 0 Å². The average molecular weight is 286 g/mol. The lowest BCUT2D eigenvalue weighted by Gasteiger charge is -2.06. The molecule has 6 nitrogen and oxygen atoms in total. The molecule has 0 atom stereocenters. The molecule has 1 N–H and O–H groups in total. The van der Waals surface area contributed by atoms with E-state index >= 15 is 0 Å². The summed E-state index contributed by atoms with van der Waals surface area (Å²) in [7, 11) is 0. The van der Waals surface area contributed by atoms with Crippen molar-refractivity contribution in [2.24, 2.45) is 0 Å². The number of hydrogen-bond donors (Lipinski definition) is 1. The Bertz CT molecular complexity index is 765. The maximum absolute atomic E-state index is 10.9. The molecule has 7 heteroatoms. The van der Waals surface area contributed by atoms with Crippen molar-refractivity contribution in [1.82, 2.24) is 19.7 Å². The normalized spacial score (nSPS) is 10.7. The molecular weight excluding hydrogens is 276 g/mol. The lowest BCUT2D eigenvalue weighted by atomic mass is 10.2. The van der Waals surface area contributed by atoms with E-state index in [0.29, 0.717) is 4.88 Å². The van der Waals surface area contributed by atoms with Crippen LogP contribution in [-0.4, -0.2) is 30.8 Å². The van der Waals surface area contributed by atoms with Crippen LogP contribution in [0.15, 0.2) is 37.1 Å². The molecule has 0 unspecified atom stereocenters. The van der Waals surface area contributed by atoms with E-state index in [1.807, 2.05) is 13.0 Å². The maximum Gasteiger partial charge on any atom is 0.345 e. The molecule has 3 aromatic rings. The lowest BCUT2D eigenvalue weighted by molar-refractivity contribution is 0.0702. The third-order valence-electron chi connectivity index (χ3n) is 2.82. The van der Waals surface area contributed by atoms with E-state index in [-0.39, 0.29) is 0 Å². The first-order valence-electron chi connectivity index (χ1n) is 5.80. The number of hydrogen-bond acceptors (Lipinski definition) is 5. The summed E-state index contributed by atoms with van der Waals surface area (Å²) in [4.78, 5) is 16.5. The van der Waals surface area contributed by atoms with Crippen LogP contribution in [0.3, 0.4) is 0 Å². The Kier molecular flexibility index (Phi) is 3.03. The van der Waals surface area contributed by atoms with Crippen molar-refractivity contribution < 1.29 is 9.90 Å². The molecule has 0 bridgehead atoms. The second kappa shape index (κ2) is 4.86. The van der Waals surface area contributed by atoms with Crippen molar-refractivity contribution >= 4 is 17.3 Å². The Balaban J connectivity index is 1.99. The van der Waals surface area contributed by atoms with Crippen molar-refractivity contribution in [3.8, 4) is 16.3 Å². The number of aromatic nitrogens is 4. The second-order valence-corrected chi connectivity index (χ2v) is 5.29. The Morgan fingerprint density at radius 1 is 1.30 bits per heavy atom. The van der Waals surface area contributed by atoms with Gasteiger partial charge in [-0.2, -0.15) is 0 Å². The van der Waals surface area contributed by atoms with Gasteiger partial charge in [-0.3, -0.25) is 4.57 Å². The molecule has 100 valence electrons. The number of carboxylic acid groups (broad SMARTS) is 1. The molecule has 0 amide bonds. The molecule has 20 heavy (non-hydrogen) atoms. The van der Waals surface area contributed by atoms with Gasteiger partial charge in [-0.05, 0) is 30.7 Å². The van der Waals surface area contributed by atoms with E-state index in [9.17, 15) is 4.79 Å². The number of aryl methyl sites for hydroxylation is 1. The van der Waals surface area contributed by atoms with E-state index < -0.39 is 5.97 Å². The molecule has 0 fully saturated rings. The van der Waals surface area contributed by atoms with Gasteiger partial charge >= 0.3 is 5.97 Å². The zero-order valence-corrected chi connectivity index (χ0v) is 11.3. The van der Waals surface area contributed by atoms with Crippen LogP contribution < -0.4 is 0 Å². The predicted octanol–water partition coefficient (Wildman–Crippen LogP) is 2.40. The predicted molar refractivity (Wildman–Crippen MR) is 74.2 cm³/mol. The van der Waals surface area contributed by atoms with E-state index in [1.165, 1.54) is 11.3 Å². The highest BCUT2D eigenvalue weighted by Gasteiger charge is 2.10. The van der Waals surface area contributed by atoms with Crippen LogP contribution in [-0.2, 0) is 0 Å². The van der Waals surface area contributed by atoms with Gasteiger partial charge in [-0.15, -0.1) is 21.5 Å². The minimum Gasteiger partial charge on any atom is -0.477 e. The van der Waals surface area contributed by atoms with Crippen LogP contribution in [0.1, 0.15) is 15.2 Å². The molecule has 0 radical (unpaired) electrons. The number of carboxylic acids is 1. The largest absolute Gasteiger partial charge is 0.477 e. The van der Waals surface area contributed by atoms with Gasteiger partial charge in [0.1, 0.15) is 23.3 Å². The molecule has 0 saturated heterocycles. The van der Waals surface area contributed by atoms with Crippen molar-refractivity contribution in [2.45, 2.75) is 6.92 Å². The van der Waals surface area contributed by atoms with Gasteiger partial charge in [-0.1, -0.05) is 0 Å². The highest BCUT2D eigenvalue weighted by molar-refractivity contribution is 7.17. The second-order valence-electron chi connectivity index (χ2n) is 4.20. The van der Waals surface area contributed by atoms with Crippen LogP contribution >= 0.6 is 11.3 Å². The maximum atomic E-state index is 10.9. The minimum absolute atomic E-state index is 0.320. The molecule has 0 aromatic carbocycles. The van der Waals surface area contributed by atoms with Gasteiger partial charge in [0, 0.05) is 16.6 Å². The van der Waals surface area contributed by atoms with Gasteiger partial charge in [0.05, 0.1) is 0 Å². The van der Waals surface area contributed by atoms with E-state index in [4.69, 9.17) is 5.11 Å². The summed E-state index contributed by atoms with van der Waals surface area (Å²) in [5, 5.41) is 16.5. The molecule has 0 spiro atoms. The Morgan fingerprint density at radius 2 is 2.05 bits per heavy atom. The summed E-state index contributed by atoms with van der Waals surface area (Å²) in [6, 6.07) is 5.37. The number of aromatic carboxylic acids is 1. The van der Waals surface area contributed by atoms with Gasteiger partial charge in [0.2, 0.25) is 0 Å². The van der Waals surface area contributed by atoms with Crippen molar-refractivity contribution in [3.63, 3.8) is 0 Å². The van der Waals surface area contributed by atoms with E-state index in [1.54, 1.807) is 35.6 Å². The topological polar surface area (TPSA) is 80.9 Å². The van der Waals surface area contributed by atoms with Crippen LogP contribution in [0.25, 0.3) is 16.3 Å². The number of rotatable bonds is 3. The molecule has 0 aliphatic heterocycles. The number of thiophene rings is 1. The minimum atomic E-state index is -0.910. The SMILES string of the molecule is Cc1cc(-c2ccc(C(=O)O)s2)cnc1-n1cnnc1. The van der Waals surface area contributed by atoms with Gasteiger partial charge in [0.25, 0.3) is 0 Å². The van der Waals surface area contributed by atoms with Crippen molar-refractivity contribution in [3.05, 3.63) is 47.5 Å². The molecule has 0 aliphatic rings. The standard InChI is InChI=1S/C13H10N4O2S/c1-8-4-9(10-2-3-11(20-10)13(18)19)5-14-12(8)17-6-15-16-7-17/h2-7H,1H3,(H,18,19). The van der Waals surface area contributed by atoms with E-state index in [2.05, 4.69) is 15.2 Å². The number of pyridine rings is 1. The smallest absolute Gasteiger partial charge is 0.345 e. The summed E-state index contributed by atoms with van der Waals surface area (Å²) in [5.41, 5.74) is 1.87. The Morgan fingerprint density at radius 3 is 2.65 bits per heavy atom. The summed E-state index contributed by atoms with van der Waals surface area (Å²) >= 11 is 1.24. The van der Waals surface area contributed by atoms with Gasteiger partial charge in [0.15, 0.2) is 0 Å². The summed E-state index contributed by atoms with van der Waals surface area (Å²) in [6.45, 7) is 1.94. The monoisotopic (exact) mass is 286 g/mol. The third kappa shape index (κ3) is 2.19. The first-order valence-corrected chi connectivity index (χ1v) is 6.62. The average Bonchev–Trinajstić information content (AvgIpc) is 3.10. The molecular formula is C13H10N4O2S. The quantitative estimate of drug-likeness (QED) is 0.799. The van der Waals surface area contributed by atoms with Gasteiger partial charge in [-0.25, -0.2) is 9.78 Å². The summed E-state index contributed by atoms with van der Waals surface area (Å²) in [5.74, 6) is -0.152. The highest BCUT2D eigenvalue weighted by Crippen LogP contribution is 2.29. The first kappa shape index (κ1) is 12.5. The van der Waals surface area contributed by atoms with Crippen LogP contribution in [0.2, 0.25) is 0 Å². The van der Waals surface area contributed by atoms with Crippen LogP contribution in [0.4, 0.5) is 0 Å². The van der Waals surface area contributed by atoms with Crippen molar-refractivity contribution in [1.29, 1.82) is 0 Å². The molecule has 3 rings (SSSR count). The summed E-state index contributed by atoms with van der Waals surface area (Å²) < 4.78 is 1.73. The molecule has 3 heterocycles. The molecule has 3 aromatic heterocycles. The Hall–Kier alpha value is -2.54. The fourth-order valence-electron chi connectivity index (χ4n) is 1.89.